The molecule has 0 aliphatic heterocycles. The minimum Gasteiger partial charge on any atom is -0.316 e. The third-order valence-electron chi connectivity index (χ3n) is 1.50. The Bertz CT molecular complexity index is 251. The number of hydrogen-bond acceptors (Lipinski definition) is 1. The van der Waals surface area contributed by atoms with E-state index in [1.165, 1.54) is 12.1 Å². The zero-order chi connectivity index (χ0) is 8.81. The Morgan fingerprint density at radius 1 is 1.33 bits per heavy atom. The molecule has 0 fully saturated rings. The lowest BCUT2D eigenvalue weighted by Gasteiger charge is -1.92. The van der Waals surface area contributed by atoms with Crippen molar-refractivity contribution in [1.82, 2.24) is 5.32 Å². The first-order valence-electron chi connectivity index (χ1n) is 3.89. The lowest BCUT2D eigenvalue weighted by Crippen LogP contribution is -2.03. The normalized spacial score (nSPS) is 10.8. The molecule has 0 saturated heterocycles. The molecule has 1 N–H and O–H groups in total. The molecule has 0 bridgehead atoms. The van der Waals surface area contributed by atoms with Crippen LogP contribution in [-0.4, -0.2) is 13.6 Å². The Kier molecular flexibility index (Phi) is 3.48. The molecule has 0 atom stereocenters. The number of nitrogens with one attached hydrogen (secondary N) is 1. The minimum atomic E-state index is -0.194. The van der Waals surface area contributed by atoms with Crippen molar-refractivity contribution in [2.24, 2.45) is 0 Å². The molecule has 0 radical (unpaired) electrons. The van der Waals surface area contributed by atoms with E-state index in [1.54, 1.807) is 12.1 Å². The van der Waals surface area contributed by atoms with Gasteiger partial charge in [0.05, 0.1) is 0 Å². The van der Waals surface area contributed by atoms with Gasteiger partial charge in [-0.25, -0.2) is 4.39 Å². The van der Waals surface area contributed by atoms with Gasteiger partial charge in [-0.1, -0.05) is 24.3 Å². The smallest absolute Gasteiger partial charge is 0.123 e. The Labute approximate surface area is 71.9 Å². The van der Waals surface area contributed by atoms with Crippen LogP contribution in [0.25, 0.3) is 6.08 Å². The fourth-order valence-corrected chi connectivity index (χ4v) is 0.887. The molecule has 1 aromatic carbocycles. The van der Waals surface area contributed by atoms with Crippen molar-refractivity contribution >= 4 is 6.08 Å². The average molecular weight is 165 g/mol. The average Bonchev–Trinajstić information content (AvgIpc) is 2.09. The van der Waals surface area contributed by atoms with Crippen molar-refractivity contribution in [3.05, 3.63) is 41.7 Å². The van der Waals surface area contributed by atoms with E-state index in [0.717, 1.165) is 12.1 Å². The number of benzene rings is 1. The molecule has 0 unspecified atom stereocenters. The molecule has 0 aliphatic rings. The predicted octanol–water partition coefficient (Wildman–Crippen LogP) is 2.06. The molecule has 12 heavy (non-hydrogen) atoms. The highest BCUT2D eigenvalue weighted by molar-refractivity contribution is 5.48. The molecule has 2 heteroatoms. The van der Waals surface area contributed by atoms with Crippen molar-refractivity contribution in [2.45, 2.75) is 0 Å². The van der Waals surface area contributed by atoms with Crippen LogP contribution in [0.5, 0.6) is 0 Å². The number of rotatable bonds is 3. The minimum absolute atomic E-state index is 0.194. The number of hydrogen-bond donors (Lipinski definition) is 1. The Morgan fingerprint density at radius 2 is 2.00 bits per heavy atom. The van der Waals surface area contributed by atoms with Crippen LogP contribution in [0.1, 0.15) is 5.56 Å². The van der Waals surface area contributed by atoms with Crippen LogP contribution in [0.3, 0.4) is 0 Å². The van der Waals surface area contributed by atoms with Gasteiger partial charge in [-0.2, -0.15) is 0 Å². The van der Waals surface area contributed by atoms with E-state index >= 15 is 0 Å². The summed E-state index contributed by atoms with van der Waals surface area (Å²) in [5.41, 5.74) is 1.02. The SMILES string of the molecule is CNC/C=C/c1ccc(F)cc1. The molecule has 0 saturated carbocycles. The highest BCUT2D eigenvalue weighted by atomic mass is 19.1. The second-order valence-electron chi connectivity index (χ2n) is 2.51. The van der Waals surface area contributed by atoms with Crippen molar-refractivity contribution < 1.29 is 4.39 Å². The van der Waals surface area contributed by atoms with Crippen molar-refractivity contribution in [3.63, 3.8) is 0 Å². The molecule has 0 heterocycles. The summed E-state index contributed by atoms with van der Waals surface area (Å²) in [6.07, 6.45) is 3.95. The van der Waals surface area contributed by atoms with E-state index in [9.17, 15) is 4.39 Å². The van der Waals surface area contributed by atoms with E-state index in [2.05, 4.69) is 5.32 Å². The molecule has 1 nitrogen and oxygen atoms in total. The molecular weight excluding hydrogens is 153 g/mol. The molecule has 0 aromatic heterocycles. The molecule has 1 rings (SSSR count). The molecule has 64 valence electrons. The monoisotopic (exact) mass is 165 g/mol. The molecule has 0 aliphatic carbocycles. The summed E-state index contributed by atoms with van der Waals surface area (Å²) in [4.78, 5) is 0. The first-order valence-corrected chi connectivity index (χ1v) is 3.89. The summed E-state index contributed by atoms with van der Waals surface area (Å²) in [6, 6.07) is 6.42. The summed E-state index contributed by atoms with van der Waals surface area (Å²) in [5, 5.41) is 2.99. The van der Waals surface area contributed by atoms with Crippen molar-refractivity contribution in [2.75, 3.05) is 13.6 Å². The summed E-state index contributed by atoms with van der Waals surface area (Å²) in [5.74, 6) is -0.194. The first-order chi connectivity index (χ1) is 5.83. The quantitative estimate of drug-likeness (QED) is 0.722. The molecule has 1 aromatic rings. The zero-order valence-corrected chi connectivity index (χ0v) is 7.05. The van der Waals surface area contributed by atoms with Gasteiger partial charge in [-0.15, -0.1) is 0 Å². The Hall–Kier alpha value is -1.15. The molecular formula is C10H12FN. The maximum atomic E-state index is 12.4. The number of halogens is 1. The third-order valence-corrected chi connectivity index (χ3v) is 1.50. The lowest BCUT2D eigenvalue weighted by molar-refractivity contribution is 0.628. The van der Waals surface area contributed by atoms with Crippen LogP contribution >= 0.6 is 0 Å². The number of likely N-dealkylation sites (N-methyl/N-ethyl adjacent to an activating group) is 1. The van der Waals surface area contributed by atoms with Crippen LogP contribution in [0.2, 0.25) is 0 Å². The fourth-order valence-electron chi connectivity index (χ4n) is 0.887. The van der Waals surface area contributed by atoms with Gasteiger partial charge in [-0.3, -0.25) is 0 Å². The van der Waals surface area contributed by atoms with Gasteiger partial charge in [0, 0.05) is 6.54 Å². The Balaban J connectivity index is 2.58. The zero-order valence-electron chi connectivity index (χ0n) is 7.05. The standard InChI is InChI=1S/C10H12FN/c1-12-8-2-3-9-4-6-10(11)7-5-9/h2-7,12H,8H2,1H3/b3-2+. The fraction of sp³-hybridized carbons (Fsp3) is 0.200. The van der Waals surface area contributed by atoms with Gasteiger partial charge in [-0.05, 0) is 24.7 Å². The lowest BCUT2D eigenvalue weighted by atomic mass is 10.2. The molecule has 0 amide bonds. The first kappa shape index (κ1) is 8.94. The second-order valence-corrected chi connectivity index (χ2v) is 2.51. The van der Waals surface area contributed by atoms with Gasteiger partial charge >= 0.3 is 0 Å². The van der Waals surface area contributed by atoms with Crippen LogP contribution < -0.4 is 5.32 Å². The topological polar surface area (TPSA) is 12.0 Å². The van der Waals surface area contributed by atoms with Crippen molar-refractivity contribution in [1.29, 1.82) is 0 Å². The van der Waals surface area contributed by atoms with Gasteiger partial charge in [0.15, 0.2) is 0 Å². The maximum Gasteiger partial charge on any atom is 0.123 e. The van der Waals surface area contributed by atoms with Crippen LogP contribution in [0.4, 0.5) is 4.39 Å². The summed E-state index contributed by atoms with van der Waals surface area (Å²) in [6.45, 7) is 0.831. The van der Waals surface area contributed by atoms with E-state index < -0.39 is 0 Å². The Morgan fingerprint density at radius 3 is 2.58 bits per heavy atom. The van der Waals surface area contributed by atoms with E-state index in [1.807, 2.05) is 19.2 Å². The van der Waals surface area contributed by atoms with Crippen LogP contribution in [0, 0.1) is 5.82 Å². The maximum absolute atomic E-state index is 12.4. The van der Waals surface area contributed by atoms with Gasteiger partial charge in [0.25, 0.3) is 0 Å². The summed E-state index contributed by atoms with van der Waals surface area (Å²) >= 11 is 0. The molecule has 0 spiro atoms. The largest absolute Gasteiger partial charge is 0.316 e. The summed E-state index contributed by atoms with van der Waals surface area (Å²) in [7, 11) is 1.88. The van der Waals surface area contributed by atoms with E-state index in [4.69, 9.17) is 0 Å². The van der Waals surface area contributed by atoms with Crippen LogP contribution in [0.15, 0.2) is 30.3 Å². The van der Waals surface area contributed by atoms with Gasteiger partial charge in [0.2, 0.25) is 0 Å². The summed E-state index contributed by atoms with van der Waals surface area (Å²) < 4.78 is 12.4. The highest BCUT2D eigenvalue weighted by Crippen LogP contribution is 2.03. The van der Waals surface area contributed by atoms with Gasteiger partial charge in [0.1, 0.15) is 5.82 Å². The van der Waals surface area contributed by atoms with E-state index in [0.29, 0.717) is 0 Å². The third kappa shape index (κ3) is 2.84. The van der Waals surface area contributed by atoms with Crippen LogP contribution in [-0.2, 0) is 0 Å². The second kappa shape index (κ2) is 4.67. The predicted molar refractivity (Wildman–Crippen MR) is 49.4 cm³/mol. The van der Waals surface area contributed by atoms with E-state index in [-0.39, 0.29) is 5.82 Å². The highest BCUT2D eigenvalue weighted by Gasteiger charge is 1.87. The van der Waals surface area contributed by atoms with Gasteiger partial charge < -0.3 is 5.32 Å². The van der Waals surface area contributed by atoms with Crippen molar-refractivity contribution in [3.8, 4) is 0 Å².